The molecular formula is C27H32FN5O2. The van der Waals surface area contributed by atoms with Crippen molar-refractivity contribution < 1.29 is 14.0 Å². The van der Waals surface area contributed by atoms with Gasteiger partial charge < -0.3 is 11.1 Å². The summed E-state index contributed by atoms with van der Waals surface area (Å²) in [4.78, 5) is 28.6. The molecule has 3 rings (SSSR count). The van der Waals surface area contributed by atoms with Gasteiger partial charge in [-0.25, -0.2) is 9.07 Å². The fraction of sp³-hybridized carbons (Fsp3) is 0.259. The monoisotopic (exact) mass is 477 g/mol. The van der Waals surface area contributed by atoms with Crippen LogP contribution in [0.4, 0.5) is 4.39 Å². The van der Waals surface area contributed by atoms with Crippen LogP contribution in [0.5, 0.6) is 0 Å². The molecule has 2 amide bonds. The Morgan fingerprint density at radius 3 is 2.40 bits per heavy atom. The smallest absolute Gasteiger partial charge is 0.267 e. The number of allylic oxidation sites excluding steroid dienone is 1. The molecule has 2 heterocycles. The van der Waals surface area contributed by atoms with Crippen LogP contribution in [0.2, 0.25) is 0 Å². The summed E-state index contributed by atoms with van der Waals surface area (Å²) in [7, 11) is 0. The van der Waals surface area contributed by atoms with Gasteiger partial charge in [0.05, 0.1) is 23.6 Å². The van der Waals surface area contributed by atoms with Crippen molar-refractivity contribution in [3.63, 3.8) is 0 Å². The first kappa shape index (κ1) is 27.2. The van der Waals surface area contributed by atoms with Crippen LogP contribution in [0, 0.1) is 5.82 Å². The van der Waals surface area contributed by atoms with Crippen molar-refractivity contribution in [2.75, 3.05) is 0 Å². The van der Waals surface area contributed by atoms with Crippen LogP contribution in [-0.4, -0.2) is 26.6 Å². The molecule has 0 bridgehead atoms. The van der Waals surface area contributed by atoms with E-state index < -0.39 is 5.91 Å². The van der Waals surface area contributed by atoms with Crippen molar-refractivity contribution in [1.29, 1.82) is 0 Å². The summed E-state index contributed by atoms with van der Waals surface area (Å²) in [5.41, 5.74) is 8.44. The second kappa shape index (κ2) is 13.0. The summed E-state index contributed by atoms with van der Waals surface area (Å²) in [6.07, 6.45) is 8.20. The second-order valence-electron chi connectivity index (χ2n) is 7.72. The number of rotatable bonds is 8. The number of hydrogen-bond acceptors (Lipinski definition) is 4. The van der Waals surface area contributed by atoms with Crippen molar-refractivity contribution in [3.05, 3.63) is 89.8 Å². The minimum atomic E-state index is -0.633. The number of nitrogens with two attached hydrogens (primary N) is 1. The van der Waals surface area contributed by atoms with E-state index >= 15 is 0 Å². The number of nitrogens with one attached hydrogen (secondary N) is 1. The van der Waals surface area contributed by atoms with E-state index in [0.29, 0.717) is 28.9 Å². The van der Waals surface area contributed by atoms with Crippen LogP contribution in [0.15, 0.2) is 61.4 Å². The Bertz CT molecular complexity index is 1200. The fourth-order valence-electron chi connectivity index (χ4n) is 3.41. The van der Waals surface area contributed by atoms with Gasteiger partial charge in [-0.3, -0.25) is 14.6 Å². The Morgan fingerprint density at radius 1 is 1.20 bits per heavy atom. The Labute approximate surface area is 205 Å². The van der Waals surface area contributed by atoms with Crippen molar-refractivity contribution in [1.82, 2.24) is 20.1 Å². The minimum Gasteiger partial charge on any atom is -0.364 e. The van der Waals surface area contributed by atoms with Crippen molar-refractivity contribution >= 4 is 23.5 Å². The number of benzene rings is 1. The number of nitrogens with zero attached hydrogens (tertiary/aromatic N) is 3. The van der Waals surface area contributed by atoms with Gasteiger partial charge in [-0.1, -0.05) is 39.8 Å². The zero-order chi connectivity index (χ0) is 26.0. The van der Waals surface area contributed by atoms with Crippen molar-refractivity contribution in [2.24, 2.45) is 5.73 Å². The summed E-state index contributed by atoms with van der Waals surface area (Å²) in [6, 6.07) is 8.84. The molecule has 0 saturated heterocycles. The fourth-order valence-corrected chi connectivity index (χ4v) is 3.41. The highest BCUT2D eigenvalue weighted by molar-refractivity contribution is 6.20. The van der Waals surface area contributed by atoms with E-state index in [2.05, 4.69) is 35.8 Å². The molecule has 8 heteroatoms. The number of carbonyl (C=O) groups excluding carboxylic acids is 2. The number of halogens is 1. The third-order valence-electron chi connectivity index (χ3n) is 5.05. The Balaban J connectivity index is 0.00000137. The zero-order valence-electron chi connectivity index (χ0n) is 20.6. The maximum absolute atomic E-state index is 13.3. The lowest BCUT2D eigenvalue weighted by atomic mass is 10.0. The molecule has 7 nitrogen and oxygen atoms in total. The number of pyridine rings is 1. The first-order valence-electron chi connectivity index (χ1n) is 11.5. The Hall–Kier alpha value is -4.07. The SMILES string of the molecule is C=Cc1c(/C(=C\C)C(=O)NC(CC)c2ccnc(C(N)=O)c2)cnn1-c1ccc(F)cc1.CCC. The average molecular weight is 478 g/mol. The van der Waals surface area contributed by atoms with Gasteiger partial charge in [0, 0.05) is 17.3 Å². The lowest BCUT2D eigenvalue weighted by Gasteiger charge is -2.19. The molecule has 0 aliphatic carbocycles. The van der Waals surface area contributed by atoms with Crippen LogP contribution in [0.3, 0.4) is 0 Å². The number of amides is 2. The van der Waals surface area contributed by atoms with E-state index in [4.69, 9.17) is 5.73 Å². The third kappa shape index (κ3) is 6.72. The van der Waals surface area contributed by atoms with Gasteiger partial charge in [-0.05, 0) is 61.4 Å². The predicted octanol–water partition coefficient (Wildman–Crippen LogP) is 5.24. The zero-order valence-corrected chi connectivity index (χ0v) is 20.6. The first-order valence-corrected chi connectivity index (χ1v) is 11.5. The molecule has 0 spiro atoms. The lowest BCUT2D eigenvalue weighted by molar-refractivity contribution is -0.116. The van der Waals surface area contributed by atoms with E-state index in [1.807, 2.05) is 6.92 Å². The molecule has 0 fully saturated rings. The topological polar surface area (TPSA) is 103 Å². The van der Waals surface area contributed by atoms with E-state index in [-0.39, 0.29) is 23.5 Å². The van der Waals surface area contributed by atoms with E-state index in [0.717, 1.165) is 5.56 Å². The molecule has 1 unspecified atom stereocenters. The summed E-state index contributed by atoms with van der Waals surface area (Å²) in [5, 5.41) is 7.37. The van der Waals surface area contributed by atoms with Crippen LogP contribution < -0.4 is 11.1 Å². The molecule has 35 heavy (non-hydrogen) atoms. The third-order valence-corrected chi connectivity index (χ3v) is 5.05. The van der Waals surface area contributed by atoms with Gasteiger partial charge in [0.1, 0.15) is 11.5 Å². The summed E-state index contributed by atoms with van der Waals surface area (Å²) >= 11 is 0. The molecule has 184 valence electrons. The van der Waals surface area contributed by atoms with E-state index in [1.165, 1.54) is 24.8 Å². The van der Waals surface area contributed by atoms with Gasteiger partial charge in [-0.2, -0.15) is 5.10 Å². The Kier molecular flexibility index (Phi) is 10.1. The largest absolute Gasteiger partial charge is 0.364 e. The number of hydrogen-bond donors (Lipinski definition) is 2. The van der Waals surface area contributed by atoms with Gasteiger partial charge in [0.25, 0.3) is 11.8 Å². The van der Waals surface area contributed by atoms with Crippen LogP contribution in [0.1, 0.15) is 73.9 Å². The van der Waals surface area contributed by atoms with Crippen LogP contribution in [-0.2, 0) is 4.79 Å². The second-order valence-corrected chi connectivity index (χ2v) is 7.72. The minimum absolute atomic E-state index is 0.135. The molecule has 0 saturated carbocycles. The van der Waals surface area contributed by atoms with Gasteiger partial charge >= 0.3 is 0 Å². The van der Waals surface area contributed by atoms with Crippen molar-refractivity contribution in [2.45, 2.75) is 46.6 Å². The molecular weight excluding hydrogens is 445 g/mol. The van der Waals surface area contributed by atoms with Crippen molar-refractivity contribution in [3.8, 4) is 5.69 Å². The van der Waals surface area contributed by atoms with Gasteiger partial charge in [0.15, 0.2) is 0 Å². The number of aromatic nitrogens is 3. The summed E-state index contributed by atoms with van der Waals surface area (Å²) in [5.74, 6) is -1.29. The normalized spacial score (nSPS) is 11.7. The first-order chi connectivity index (χ1) is 16.8. The highest BCUT2D eigenvalue weighted by atomic mass is 19.1. The van der Waals surface area contributed by atoms with E-state index in [1.54, 1.807) is 54.2 Å². The molecule has 2 aromatic heterocycles. The highest BCUT2D eigenvalue weighted by Crippen LogP contribution is 2.25. The molecule has 0 aliphatic heterocycles. The predicted molar refractivity (Wildman–Crippen MR) is 137 cm³/mol. The van der Waals surface area contributed by atoms with Crippen LogP contribution in [0.25, 0.3) is 17.3 Å². The maximum atomic E-state index is 13.3. The molecule has 1 atom stereocenters. The summed E-state index contributed by atoms with van der Waals surface area (Å²) < 4.78 is 14.9. The van der Waals surface area contributed by atoms with Gasteiger partial charge in [0.2, 0.25) is 0 Å². The highest BCUT2D eigenvalue weighted by Gasteiger charge is 2.22. The molecule has 3 aromatic rings. The molecule has 0 aliphatic rings. The van der Waals surface area contributed by atoms with Crippen LogP contribution >= 0.6 is 0 Å². The van der Waals surface area contributed by atoms with Gasteiger partial charge in [-0.15, -0.1) is 0 Å². The summed E-state index contributed by atoms with van der Waals surface area (Å²) in [6.45, 7) is 11.8. The average Bonchev–Trinajstić information content (AvgIpc) is 3.27. The molecule has 0 radical (unpaired) electrons. The molecule has 1 aromatic carbocycles. The lowest BCUT2D eigenvalue weighted by Crippen LogP contribution is -2.29. The Morgan fingerprint density at radius 2 is 1.86 bits per heavy atom. The molecule has 3 N–H and O–H groups in total. The number of primary amides is 1. The van der Waals surface area contributed by atoms with E-state index in [9.17, 15) is 14.0 Å². The maximum Gasteiger partial charge on any atom is 0.267 e. The quantitative estimate of drug-likeness (QED) is 0.433. The standard InChI is InChI=1S/C24H24FN5O2.C3H8/c1-4-18(19-14-28-30(22(19)6-3)17-9-7-16(25)8-10-17)24(32)29-20(5-2)15-11-12-27-21(13-15)23(26)31;1-3-2/h4,6-14,20H,3,5H2,1-2H3,(H2,26,31)(H,29,32);3H2,1-2H3/b18-4+;. The number of carbonyl (C=O) groups is 2.